The minimum absolute atomic E-state index is 0.0207. The van der Waals surface area contributed by atoms with Crippen LogP contribution in [0.5, 0.6) is 0 Å². The molecule has 0 bridgehead atoms. The fourth-order valence-electron chi connectivity index (χ4n) is 3.09. The van der Waals surface area contributed by atoms with Crippen LogP contribution in [0.15, 0.2) is 24.4 Å². The molecule has 112 valence electrons. The van der Waals surface area contributed by atoms with Gasteiger partial charge in [0.1, 0.15) is 0 Å². The van der Waals surface area contributed by atoms with Crippen molar-refractivity contribution in [3.63, 3.8) is 0 Å². The second-order valence-corrected chi connectivity index (χ2v) is 6.07. The van der Waals surface area contributed by atoms with Gasteiger partial charge in [0, 0.05) is 11.7 Å². The summed E-state index contributed by atoms with van der Waals surface area (Å²) in [7, 11) is 0. The first-order valence-corrected chi connectivity index (χ1v) is 7.43. The van der Waals surface area contributed by atoms with Crippen molar-refractivity contribution in [3.8, 4) is 0 Å². The molecule has 2 aromatic rings. The van der Waals surface area contributed by atoms with E-state index in [0.29, 0.717) is 6.54 Å². The Morgan fingerprint density at radius 2 is 2.33 bits per heavy atom. The zero-order valence-corrected chi connectivity index (χ0v) is 12.2. The van der Waals surface area contributed by atoms with Crippen LogP contribution in [-0.4, -0.2) is 26.0 Å². The molecule has 1 aliphatic rings. The smallest absolute Gasteiger partial charge is 0.225 e. The van der Waals surface area contributed by atoms with E-state index in [0.717, 1.165) is 37.2 Å². The van der Waals surface area contributed by atoms with Gasteiger partial charge in [-0.05, 0) is 31.9 Å². The maximum atomic E-state index is 12.4. The number of hydrogen-bond donors (Lipinski definition) is 2. The minimum atomic E-state index is -0.407. The van der Waals surface area contributed by atoms with Gasteiger partial charge >= 0.3 is 0 Å². The average Bonchev–Trinajstić information content (AvgIpc) is 2.87. The summed E-state index contributed by atoms with van der Waals surface area (Å²) in [6, 6.07) is 5.71. The lowest BCUT2D eigenvalue weighted by molar-refractivity contribution is -0.128. The number of aromatic nitrogens is 3. The van der Waals surface area contributed by atoms with Crippen LogP contribution in [0, 0.1) is 5.92 Å². The molecule has 2 aromatic heterocycles. The van der Waals surface area contributed by atoms with Gasteiger partial charge in [-0.2, -0.15) is 0 Å². The van der Waals surface area contributed by atoms with Crippen molar-refractivity contribution in [2.24, 2.45) is 11.7 Å². The zero-order valence-electron chi connectivity index (χ0n) is 12.2. The predicted molar refractivity (Wildman–Crippen MR) is 79.4 cm³/mol. The minimum Gasteiger partial charge on any atom is -0.348 e. The Morgan fingerprint density at radius 1 is 1.48 bits per heavy atom. The molecule has 0 aliphatic heterocycles. The van der Waals surface area contributed by atoms with Gasteiger partial charge in [-0.25, -0.2) is 0 Å². The molecule has 6 nitrogen and oxygen atoms in total. The highest BCUT2D eigenvalue weighted by Crippen LogP contribution is 2.31. The van der Waals surface area contributed by atoms with Crippen molar-refractivity contribution in [1.82, 2.24) is 19.9 Å². The molecule has 3 rings (SSSR count). The summed E-state index contributed by atoms with van der Waals surface area (Å²) in [5, 5.41) is 11.2. The van der Waals surface area contributed by atoms with Crippen molar-refractivity contribution in [1.29, 1.82) is 0 Å². The van der Waals surface area contributed by atoms with Crippen molar-refractivity contribution in [2.45, 2.75) is 44.7 Å². The number of amides is 1. The number of nitrogens with zero attached hydrogens (tertiary/aromatic N) is 3. The third-order valence-corrected chi connectivity index (χ3v) is 4.38. The van der Waals surface area contributed by atoms with E-state index in [1.807, 2.05) is 35.7 Å². The molecule has 2 heterocycles. The van der Waals surface area contributed by atoms with E-state index in [1.165, 1.54) is 0 Å². The number of carbonyl (C=O) groups excluding carboxylic acids is 1. The van der Waals surface area contributed by atoms with Gasteiger partial charge in [0.05, 0.1) is 12.5 Å². The predicted octanol–water partition coefficient (Wildman–Crippen LogP) is 1.25. The van der Waals surface area contributed by atoms with Gasteiger partial charge in [0.2, 0.25) is 5.91 Å². The van der Waals surface area contributed by atoms with Crippen LogP contribution in [0.1, 0.15) is 38.4 Å². The van der Waals surface area contributed by atoms with E-state index in [1.54, 1.807) is 0 Å². The quantitative estimate of drug-likeness (QED) is 0.889. The molecule has 6 heteroatoms. The summed E-state index contributed by atoms with van der Waals surface area (Å²) < 4.78 is 1.88. The highest BCUT2D eigenvalue weighted by Gasteiger charge is 2.37. The lowest BCUT2D eigenvalue weighted by Gasteiger charge is -2.37. The molecule has 21 heavy (non-hydrogen) atoms. The van der Waals surface area contributed by atoms with E-state index < -0.39 is 5.54 Å². The largest absolute Gasteiger partial charge is 0.348 e. The summed E-state index contributed by atoms with van der Waals surface area (Å²) in [6.45, 7) is 2.35. The Hall–Kier alpha value is -1.95. The molecule has 1 saturated carbocycles. The Balaban J connectivity index is 1.68. The van der Waals surface area contributed by atoms with Crippen molar-refractivity contribution >= 4 is 11.6 Å². The van der Waals surface area contributed by atoms with Crippen molar-refractivity contribution in [2.75, 3.05) is 0 Å². The zero-order chi connectivity index (χ0) is 14.9. The molecule has 2 unspecified atom stereocenters. The normalized spacial score (nSPS) is 25.9. The molecule has 0 radical (unpaired) electrons. The van der Waals surface area contributed by atoms with E-state index in [9.17, 15) is 4.79 Å². The Morgan fingerprint density at radius 3 is 3.14 bits per heavy atom. The van der Waals surface area contributed by atoms with Crippen molar-refractivity contribution in [3.05, 3.63) is 30.2 Å². The standard InChI is InChI=1S/C15H21N5O/c1-15(16)8-4-2-6-11(15)14(21)17-10-13-19-18-12-7-3-5-9-20(12)13/h3,5,7,9,11H,2,4,6,8,10,16H2,1H3,(H,17,21). The maximum absolute atomic E-state index is 12.4. The molecular formula is C15H21N5O. The molecule has 2 atom stereocenters. The highest BCUT2D eigenvalue weighted by atomic mass is 16.1. The second kappa shape index (κ2) is 5.44. The van der Waals surface area contributed by atoms with Crippen molar-refractivity contribution < 1.29 is 4.79 Å². The number of hydrogen-bond acceptors (Lipinski definition) is 4. The summed E-state index contributed by atoms with van der Waals surface area (Å²) in [5.41, 5.74) is 6.64. The van der Waals surface area contributed by atoms with Crippen LogP contribution in [0.4, 0.5) is 0 Å². The number of nitrogens with one attached hydrogen (secondary N) is 1. The Kier molecular flexibility index (Phi) is 3.63. The van der Waals surface area contributed by atoms with E-state index in [4.69, 9.17) is 5.73 Å². The van der Waals surface area contributed by atoms with Crippen LogP contribution in [-0.2, 0) is 11.3 Å². The van der Waals surface area contributed by atoms with Crippen LogP contribution in [0.25, 0.3) is 5.65 Å². The van der Waals surface area contributed by atoms with Gasteiger partial charge in [-0.1, -0.05) is 18.9 Å². The molecule has 1 amide bonds. The van der Waals surface area contributed by atoms with E-state index in [-0.39, 0.29) is 11.8 Å². The Bertz CT molecular complexity index is 648. The number of fused-ring (bicyclic) bond motifs is 1. The molecule has 0 spiro atoms. The molecule has 3 N–H and O–H groups in total. The van der Waals surface area contributed by atoms with Gasteiger partial charge < -0.3 is 11.1 Å². The summed E-state index contributed by atoms with van der Waals surface area (Å²) in [6.07, 6.45) is 5.83. The van der Waals surface area contributed by atoms with Crippen LogP contribution >= 0.6 is 0 Å². The summed E-state index contributed by atoms with van der Waals surface area (Å²) in [4.78, 5) is 12.4. The van der Waals surface area contributed by atoms with Gasteiger partial charge in [0.15, 0.2) is 11.5 Å². The summed E-state index contributed by atoms with van der Waals surface area (Å²) >= 11 is 0. The monoisotopic (exact) mass is 287 g/mol. The Labute approximate surface area is 123 Å². The number of pyridine rings is 1. The first kappa shape index (κ1) is 14.0. The first-order chi connectivity index (χ1) is 10.1. The SMILES string of the molecule is CC1(N)CCCCC1C(=O)NCc1nnc2ccccn12. The lowest BCUT2D eigenvalue weighted by Crippen LogP contribution is -2.52. The van der Waals surface area contributed by atoms with Crippen LogP contribution < -0.4 is 11.1 Å². The topological polar surface area (TPSA) is 85.3 Å². The first-order valence-electron chi connectivity index (χ1n) is 7.43. The van der Waals surface area contributed by atoms with Gasteiger partial charge in [-0.15, -0.1) is 10.2 Å². The average molecular weight is 287 g/mol. The van der Waals surface area contributed by atoms with Gasteiger partial charge in [0.25, 0.3) is 0 Å². The summed E-state index contributed by atoms with van der Waals surface area (Å²) in [5.74, 6) is 0.631. The highest BCUT2D eigenvalue weighted by molar-refractivity contribution is 5.80. The van der Waals surface area contributed by atoms with Gasteiger partial charge in [-0.3, -0.25) is 9.20 Å². The fourth-order valence-corrected chi connectivity index (χ4v) is 3.09. The maximum Gasteiger partial charge on any atom is 0.225 e. The third-order valence-electron chi connectivity index (χ3n) is 4.38. The lowest BCUT2D eigenvalue weighted by atomic mass is 9.74. The molecule has 1 aliphatic carbocycles. The molecule has 0 saturated heterocycles. The van der Waals surface area contributed by atoms with E-state index >= 15 is 0 Å². The third kappa shape index (κ3) is 2.76. The number of carbonyl (C=O) groups is 1. The second-order valence-electron chi connectivity index (χ2n) is 6.07. The fraction of sp³-hybridized carbons (Fsp3) is 0.533. The molecule has 0 aromatic carbocycles. The van der Waals surface area contributed by atoms with Crippen LogP contribution in [0.2, 0.25) is 0 Å². The van der Waals surface area contributed by atoms with Crippen LogP contribution in [0.3, 0.4) is 0 Å². The molecule has 1 fully saturated rings. The van der Waals surface area contributed by atoms with E-state index in [2.05, 4.69) is 15.5 Å². The number of rotatable bonds is 3. The number of nitrogens with two attached hydrogens (primary N) is 1. The molecular weight excluding hydrogens is 266 g/mol.